The summed E-state index contributed by atoms with van der Waals surface area (Å²) in [5, 5.41) is 7.01. The Kier molecular flexibility index (Phi) is 5.83. The number of nitrogens with zero attached hydrogens (tertiary/aromatic N) is 1. The average molecular weight is 317 g/mol. The number of thiocarbonyl (C=S) groups is 1. The van der Waals surface area contributed by atoms with Gasteiger partial charge in [-0.05, 0) is 69.4 Å². The maximum Gasteiger partial charge on any atom is 0.171 e. The number of anilines is 1. The Morgan fingerprint density at radius 3 is 2.59 bits per heavy atom. The van der Waals surface area contributed by atoms with Crippen molar-refractivity contribution in [1.82, 2.24) is 9.88 Å². The predicted octanol–water partition coefficient (Wildman–Crippen LogP) is 3.78. The lowest BCUT2D eigenvalue weighted by molar-refractivity contribution is 0.242. The summed E-state index contributed by atoms with van der Waals surface area (Å²) >= 11 is 5.33. The van der Waals surface area contributed by atoms with Crippen molar-refractivity contribution in [3.05, 3.63) is 48.3 Å². The Morgan fingerprint density at radius 2 is 1.95 bits per heavy atom. The third-order valence-corrected chi connectivity index (χ3v) is 3.42. The van der Waals surface area contributed by atoms with E-state index in [1.54, 1.807) is 0 Å². The maximum atomic E-state index is 5.62. The molecule has 0 amide bonds. The van der Waals surface area contributed by atoms with Crippen molar-refractivity contribution < 1.29 is 4.74 Å². The van der Waals surface area contributed by atoms with Gasteiger partial charge >= 0.3 is 0 Å². The summed E-state index contributed by atoms with van der Waals surface area (Å²) in [5.74, 6) is 0.861. The van der Waals surface area contributed by atoms with Gasteiger partial charge < -0.3 is 19.9 Å². The van der Waals surface area contributed by atoms with Crippen LogP contribution in [0.5, 0.6) is 5.75 Å². The summed E-state index contributed by atoms with van der Waals surface area (Å²) in [5.41, 5.74) is 2.16. The zero-order valence-corrected chi connectivity index (χ0v) is 14.1. The first-order chi connectivity index (χ1) is 10.6. The van der Waals surface area contributed by atoms with Crippen LogP contribution < -0.4 is 15.4 Å². The molecule has 22 heavy (non-hydrogen) atoms. The lowest BCUT2D eigenvalue weighted by atomic mass is 10.3. The first kappa shape index (κ1) is 16.4. The van der Waals surface area contributed by atoms with Crippen LogP contribution >= 0.6 is 12.2 Å². The lowest BCUT2D eigenvalue weighted by Gasteiger charge is -2.13. The second-order valence-electron chi connectivity index (χ2n) is 5.28. The average Bonchev–Trinajstić information content (AvgIpc) is 2.94. The molecule has 0 radical (unpaired) electrons. The molecule has 0 unspecified atom stereocenters. The van der Waals surface area contributed by atoms with E-state index in [1.165, 1.54) is 5.69 Å². The van der Waals surface area contributed by atoms with Gasteiger partial charge in [-0.1, -0.05) is 0 Å². The molecular formula is C17H23N3OS. The molecule has 0 saturated heterocycles. The lowest BCUT2D eigenvalue weighted by Crippen LogP contribution is -2.28. The fourth-order valence-corrected chi connectivity index (χ4v) is 2.34. The number of nitrogens with one attached hydrogen (secondary N) is 2. The number of ether oxygens (including phenoxy) is 1. The number of rotatable bonds is 6. The highest BCUT2D eigenvalue weighted by Crippen LogP contribution is 2.16. The highest BCUT2D eigenvalue weighted by atomic mass is 32.1. The summed E-state index contributed by atoms with van der Waals surface area (Å²) in [6.07, 6.45) is 2.25. The molecule has 1 heterocycles. The molecule has 0 atom stereocenters. The normalized spacial score (nSPS) is 10.5. The van der Waals surface area contributed by atoms with Crippen LogP contribution in [0.2, 0.25) is 0 Å². The van der Waals surface area contributed by atoms with E-state index in [4.69, 9.17) is 17.0 Å². The fraction of sp³-hybridized carbons (Fsp3) is 0.353. The molecular weight excluding hydrogens is 294 g/mol. The first-order valence-corrected chi connectivity index (χ1v) is 7.95. The van der Waals surface area contributed by atoms with Crippen molar-refractivity contribution in [1.29, 1.82) is 0 Å². The smallest absolute Gasteiger partial charge is 0.171 e. The molecule has 5 heteroatoms. The second kappa shape index (κ2) is 7.84. The van der Waals surface area contributed by atoms with Crippen molar-refractivity contribution >= 4 is 23.0 Å². The van der Waals surface area contributed by atoms with Crippen molar-refractivity contribution in [2.45, 2.75) is 40.0 Å². The molecule has 0 fully saturated rings. The van der Waals surface area contributed by atoms with E-state index in [0.717, 1.165) is 18.0 Å². The van der Waals surface area contributed by atoms with Gasteiger partial charge in [-0.25, -0.2) is 0 Å². The molecule has 0 aliphatic rings. The molecule has 0 saturated carbocycles. The van der Waals surface area contributed by atoms with E-state index < -0.39 is 0 Å². The standard InChI is InChI=1S/C17H23N3OS/c1-4-20-11-5-6-15(20)12-18-17(22)19-14-7-9-16(10-8-14)21-13(2)3/h5-11,13H,4,12H2,1-3H3,(H2,18,19,22). The molecule has 1 aromatic heterocycles. The zero-order valence-electron chi connectivity index (χ0n) is 13.3. The molecule has 0 spiro atoms. The second-order valence-corrected chi connectivity index (χ2v) is 5.69. The van der Waals surface area contributed by atoms with E-state index in [9.17, 15) is 0 Å². The number of hydrogen-bond donors (Lipinski definition) is 2. The van der Waals surface area contributed by atoms with Gasteiger partial charge in [-0.3, -0.25) is 0 Å². The number of aromatic nitrogens is 1. The van der Waals surface area contributed by atoms with Crippen molar-refractivity contribution in [3.8, 4) is 5.75 Å². The van der Waals surface area contributed by atoms with Crippen LogP contribution in [0.3, 0.4) is 0 Å². The third kappa shape index (κ3) is 4.77. The van der Waals surface area contributed by atoms with Crippen LogP contribution in [0, 0.1) is 0 Å². The number of aryl methyl sites for hydroxylation is 1. The Bertz CT molecular complexity index is 605. The largest absolute Gasteiger partial charge is 0.491 e. The number of benzene rings is 1. The molecule has 0 aliphatic heterocycles. The van der Waals surface area contributed by atoms with Gasteiger partial charge in [0.1, 0.15) is 5.75 Å². The zero-order chi connectivity index (χ0) is 15.9. The summed E-state index contributed by atoms with van der Waals surface area (Å²) in [4.78, 5) is 0. The van der Waals surface area contributed by atoms with Crippen LogP contribution in [0.1, 0.15) is 26.5 Å². The van der Waals surface area contributed by atoms with Gasteiger partial charge in [-0.15, -0.1) is 0 Å². The molecule has 0 aliphatic carbocycles. The van der Waals surface area contributed by atoms with Crippen LogP contribution in [0.15, 0.2) is 42.6 Å². The van der Waals surface area contributed by atoms with Gasteiger partial charge in [0.25, 0.3) is 0 Å². The minimum absolute atomic E-state index is 0.177. The Hall–Kier alpha value is -2.01. The summed E-state index contributed by atoms with van der Waals surface area (Å²) < 4.78 is 7.81. The molecule has 2 rings (SSSR count). The first-order valence-electron chi connectivity index (χ1n) is 7.54. The van der Waals surface area contributed by atoms with Gasteiger partial charge in [-0.2, -0.15) is 0 Å². The van der Waals surface area contributed by atoms with Crippen LogP contribution in [-0.4, -0.2) is 15.8 Å². The molecule has 0 bridgehead atoms. The van der Waals surface area contributed by atoms with Crippen molar-refractivity contribution in [3.63, 3.8) is 0 Å². The quantitative estimate of drug-likeness (QED) is 0.795. The fourth-order valence-electron chi connectivity index (χ4n) is 2.15. The van der Waals surface area contributed by atoms with E-state index in [0.29, 0.717) is 11.7 Å². The van der Waals surface area contributed by atoms with Gasteiger partial charge in [0, 0.05) is 24.1 Å². The molecule has 118 valence electrons. The van der Waals surface area contributed by atoms with Crippen LogP contribution in [0.25, 0.3) is 0 Å². The van der Waals surface area contributed by atoms with Crippen LogP contribution in [-0.2, 0) is 13.1 Å². The summed E-state index contributed by atoms with van der Waals surface area (Å²) in [6, 6.07) is 11.9. The molecule has 1 aromatic carbocycles. The monoisotopic (exact) mass is 317 g/mol. The van der Waals surface area contributed by atoms with Gasteiger partial charge in [0.05, 0.1) is 12.6 Å². The number of hydrogen-bond acceptors (Lipinski definition) is 2. The minimum atomic E-state index is 0.177. The predicted molar refractivity (Wildman–Crippen MR) is 95.4 cm³/mol. The Labute approximate surface area is 137 Å². The van der Waals surface area contributed by atoms with E-state index in [2.05, 4.69) is 34.4 Å². The topological polar surface area (TPSA) is 38.2 Å². The third-order valence-electron chi connectivity index (χ3n) is 3.18. The summed E-state index contributed by atoms with van der Waals surface area (Å²) in [6.45, 7) is 7.82. The molecule has 2 N–H and O–H groups in total. The Morgan fingerprint density at radius 1 is 1.23 bits per heavy atom. The minimum Gasteiger partial charge on any atom is -0.491 e. The maximum absolute atomic E-state index is 5.62. The van der Waals surface area contributed by atoms with Crippen LogP contribution in [0.4, 0.5) is 5.69 Å². The van der Waals surface area contributed by atoms with Crippen molar-refractivity contribution in [2.75, 3.05) is 5.32 Å². The van der Waals surface area contributed by atoms with Gasteiger partial charge in [0.2, 0.25) is 0 Å². The molecule has 2 aromatic rings. The highest BCUT2D eigenvalue weighted by Gasteiger charge is 2.02. The van der Waals surface area contributed by atoms with Crippen molar-refractivity contribution in [2.24, 2.45) is 0 Å². The molecule has 4 nitrogen and oxygen atoms in total. The van der Waals surface area contributed by atoms with E-state index in [1.807, 2.05) is 44.2 Å². The van der Waals surface area contributed by atoms with Gasteiger partial charge in [0.15, 0.2) is 5.11 Å². The summed E-state index contributed by atoms with van der Waals surface area (Å²) in [7, 11) is 0. The highest BCUT2D eigenvalue weighted by molar-refractivity contribution is 7.80. The SMILES string of the molecule is CCn1cccc1CNC(=S)Nc1ccc(OC(C)C)cc1. The Balaban J connectivity index is 1.84. The van der Waals surface area contributed by atoms with E-state index >= 15 is 0 Å². The van der Waals surface area contributed by atoms with E-state index in [-0.39, 0.29) is 6.10 Å².